The van der Waals surface area contributed by atoms with Gasteiger partial charge in [0.15, 0.2) is 0 Å². The molecule has 0 aliphatic rings. The Kier molecular flexibility index (Phi) is 7.39. The van der Waals surface area contributed by atoms with Crippen LogP contribution in [0.1, 0.15) is 29.3 Å². The number of methoxy groups -OCH3 is 1. The average Bonchev–Trinajstić information content (AvgIpc) is 3.23. The molecule has 0 radical (unpaired) electrons. The van der Waals surface area contributed by atoms with Gasteiger partial charge in [0.05, 0.1) is 7.11 Å². The van der Waals surface area contributed by atoms with Crippen LogP contribution in [0, 0.1) is 0 Å². The van der Waals surface area contributed by atoms with Crippen molar-refractivity contribution >= 4 is 5.91 Å². The standard InChI is InChI=1S/C23H27N3O3/c1-26(17-16-18-6-4-3-5-7-18)23(27)15-14-22-25-24-21(29-22)13-10-19-8-11-20(28-2)12-9-19/h3-9,11-12H,10,13-17H2,1-2H3. The molecule has 0 fully saturated rings. The summed E-state index contributed by atoms with van der Waals surface area (Å²) < 4.78 is 10.9. The first-order valence-corrected chi connectivity index (χ1v) is 9.86. The van der Waals surface area contributed by atoms with Crippen molar-refractivity contribution in [3.63, 3.8) is 0 Å². The van der Waals surface area contributed by atoms with E-state index in [0.29, 0.717) is 37.6 Å². The van der Waals surface area contributed by atoms with Crippen molar-refractivity contribution in [3.05, 3.63) is 77.5 Å². The molecule has 29 heavy (non-hydrogen) atoms. The van der Waals surface area contributed by atoms with E-state index in [-0.39, 0.29) is 5.91 Å². The molecular formula is C23H27N3O3. The normalized spacial score (nSPS) is 10.7. The van der Waals surface area contributed by atoms with Crippen molar-refractivity contribution in [2.75, 3.05) is 20.7 Å². The first kappa shape index (κ1) is 20.6. The summed E-state index contributed by atoms with van der Waals surface area (Å²) in [4.78, 5) is 14.1. The Morgan fingerprint density at radius 3 is 2.24 bits per heavy atom. The fourth-order valence-corrected chi connectivity index (χ4v) is 3.00. The predicted molar refractivity (Wildman–Crippen MR) is 111 cm³/mol. The van der Waals surface area contributed by atoms with Gasteiger partial charge in [-0.25, -0.2) is 0 Å². The van der Waals surface area contributed by atoms with E-state index >= 15 is 0 Å². The van der Waals surface area contributed by atoms with Gasteiger partial charge < -0.3 is 14.1 Å². The molecule has 0 saturated heterocycles. The minimum absolute atomic E-state index is 0.0823. The number of carbonyl (C=O) groups is 1. The van der Waals surface area contributed by atoms with E-state index in [9.17, 15) is 4.79 Å². The number of amides is 1. The maximum absolute atomic E-state index is 12.3. The number of ether oxygens (including phenoxy) is 1. The van der Waals surface area contributed by atoms with Gasteiger partial charge in [-0.15, -0.1) is 10.2 Å². The molecule has 1 amide bonds. The number of nitrogens with zero attached hydrogens (tertiary/aromatic N) is 3. The van der Waals surface area contributed by atoms with Crippen LogP contribution in [-0.4, -0.2) is 41.7 Å². The van der Waals surface area contributed by atoms with Crippen molar-refractivity contribution in [2.45, 2.75) is 32.1 Å². The van der Waals surface area contributed by atoms with Gasteiger partial charge in [0.1, 0.15) is 5.75 Å². The highest BCUT2D eigenvalue weighted by Gasteiger charge is 2.12. The number of likely N-dealkylation sites (N-methyl/N-ethyl adjacent to an activating group) is 1. The summed E-state index contributed by atoms with van der Waals surface area (Å²) in [5.74, 6) is 2.03. The van der Waals surface area contributed by atoms with Gasteiger partial charge in [-0.05, 0) is 36.1 Å². The maximum Gasteiger partial charge on any atom is 0.222 e. The summed E-state index contributed by atoms with van der Waals surface area (Å²) >= 11 is 0. The molecule has 0 bridgehead atoms. The minimum atomic E-state index is 0.0823. The van der Waals surface area contributed by atoms with Crippen LogP contribution in [0.5, 0.6) is 5.75 Å². The Bertz CT molecular complexity index is 891. The summed E-state index contributed by atoms with van der Waals surface area (Å²) in [7, 11) is 3.49. The van der Waals surface area contributed by atoms with Gasteiger partial charge in [-0.3, -0.25) is 4.79 Å². The minimum Gasteiger partial charge on any atom is -0.497 e. The highest BCUT2D eigenvalue weighted by atomic mass is 16.5. The van der Waals surface area contributed by atoms with E-state index < -0.39 is 0 Å². The van der Waals surface area contributed by atoms with Crippen molar-refractivity contribution in [3.8, 4) is 5.75 Å². The largest absolute Gasteiger partial charge is 0.497 e. The lowest BCUT2D eigenvalue weighted by atomic mass is 10.1. The Morgan fingerprint density at radius 1 is 0.897 bits per heavy atom. The highest BCUT2D eigenvalue weighted by Crippen LogP contribution is 2.14. The number of aromatic nitrogens is 2. The molecule has 0 aliphatic heterocycles. The third kappa shape index (κ3) is 6.45. The van der Waals surface area contributed by atoms with E-state index in [1.165, 1.54) is 11.1 Å². The van der Waals surface area contributed by atoms with Crippen LogP contribution in [-0.2, 0) is 30.5 Å². The molecule has 0 aliphatic carbocycles. The van der Waals surface area contributed by atoms with Crippen LogP contribution in [0.2, 0.25) is 0 Å². The van der Waals surface area contributed by atoms with E-state index in [0.717, 1.165) is 18.6 Å². The van der Waals surface area contributed by atoms with Crippen molar-refractivity contribution < 1.29 is 13.9 Å². The summed E-state index contributed by atoms with van der Waals surface area (Å²) in [6, 6.07) is 18.1. The van der Waals surface area contributed by atoms with Crippen LogP contribution in [0.4, 0.5) is 0 Å². The summed E-state index contributed by atoms with van der Waals surface area (Å²) in [5, 5.41) is 8.17. The molecule has 3 rings (SSSR count). The van der Waals surface area contributed by atoms with Crippen molar-refractivity contribution in [1.29, 1.82) is 0 Å². The Hall–Kier alpha value is -3.15. The first-order valence-electron chi connectivity index (χ1n) is 9.86. The number of benzene rings is 2. The van der Waals surface area contributed by atoms with E-state index in [2.05, 4.69) is 22.3 Å². The molecule has 152 valence electrons. The molecule has 1 heterocycles. The maximum atomic E-state index is 12.3. The second-order valence-electron chi connectivity index (χ2n) is 6.99. The van der Waals surface area contributed by atoms with E-state index in [4.69, 9.17) is 9.15 Å². The lowest BCUT2D eigenvalue weighted by Crippen LogP contribution is -2.29. The molecular weight excluding hydrogens is 366 g/mol. The second-order valence-corrected chi connectivity index (χ2v) is 6.99. The number of hydrogen-bond acceptors (Lipinski definition) is 5. The second kappa shape index (κ2) is 10.4. The zero-order chi connectivity index (χ0) is 20.5. The lowest BCUT2D eigenvalue weighted by Gasteiger charge is -2.16. The quantitative estimate of drug-likeness (QED) is 0.527. The summed E-state index contributed by atoms with van der Waals surface area (Å²) in [5.41, 5.74) is 2.41. The molecule has 0 unspecified atom stereocenters. The van der Waals surface area contributed by atoms with Crippen LogP contribution in [0.15, 0.2) is 59.0 Å². The Labute approximate surface area is 171 Å². The van der Waals surface area contributed by atoms with Crippen LogP contribution in [0.25, 0.3) is 0 Å². The Balaban J connectivity index is 1.40. The van der Waals surface area contributed by atoms with Crippen LogP contribution < -0.4 is 4.74 Å². The fraction of sp³-hybridized carbons (Fsp3) is 0.348. The predicted octanol–water partition coefficient (Wildman–Crippen LogP) is 3.50. The summed E-state index contributed by atoms with van der Waals surface area (Å²) in [6.07, 6.45) is 3.16. The third-order valence-corrected chi connectivity index (χ3v) is 4.85. The van der Waals surface area contributed by atoms with E-state index in [1.54, 1.807) is 12.0 Å². The lowest BCUT2D eigenvalue weighted by molar-refractivity contribution is -0.129. The highest BCUT2D eigenvalue weighted by molar-refractivity contribution is 5.76. The number of carbonyl (C=O) groups excluding carboxylic acids is 1. The third-order valence-electron chi connectivity index (χ3n) is 4.85. The zero-order valence-electron chi connectivity index (χ0n) is 17.0. The van der Waals surface area contributed by atoms with Crippen molar-refractivity contribution in [1.82, 2.24) is 15.1 Å². The van der Waals surface area contributed by atoms with Gasteiger partial charge in [0.2, 0.25) is 17.7 Å². The molecule has 3 aromatic rings. The smallest absolute Gasteiger partial charge is 0.222 e. The van der Waals surface area contributed by atoms with Gasteiger partial charge in [0, 0.05) is 32.9 Å². The SMILES string of the molecule is COc1ccc(CCc2nnc(CCC(=O)N(C)CCc3ccccc3)o2)cc1. The molecule has 0 spiro atoms. The molecule has 0 atom stereocenters. The topological polar surface area (TPSA) is 68.5 Å². The number of hydrogen-bond donors (Lipinski definition) is 0. The fourth-order valence-electron chi connectivity index (χ4n) is 3.00. The molecule has 1 aromatic heterocycles. The molecule has 2 aromatic carbocycles. The molecule has 0 N–H and O–H groups in total. The molecule has 6 heteroatoms. The Morgan fingerprint density at radius 2 is 1.55 bits per heavy atom. The monoisotopic (exact) mass is 393 g/mol. The van der Waals surface area contributed by atoms with E-state index in [1.807, 2.05) is 49.5 Å². The average molecular weight is 393 g/mol. The molecule has 6 nitrogen and oxygen atoms in total. The zero-order valence-corrected chi connectivity index (χ0v) is 17.0. The van der Waals surface area contributed by atoms with Gasteiger partial charge in [-0.1, -0.05) is 42.5 Å². The number of rotatable bonds is 10. The molecule has 0 saturated carbocycles. The van der Waals surface area contributed by atoms with Crippen molar-refractivity contribution in [2.24, 2.45) is 0 Å². The first-order chi connectivity index (χ1) is 14.1. The number of aryl methyl sites for hydroxylation is 3. The summed E-state index contributed by atoms with van der Waals surface area (Å²) in [6.45, 7) is 0.694. The van der Waals surface area contributed by atoms with Gasteiger partial charge in [0.25, 0.3) is 0 Å². The van der Waals surface area contributed by atoms with Gasteiger partial charge >= 0.3 is 0 Å². The van der Waals surface area contributed by atoms with Gasteiger partial charge in [-0.2, -0.15) is 0 Å². The van der Waals surface area contributed by atoms with Crippen LogP contribution in [0.3, 0.4) is 0 Å². The van der Waals surface area contributed by atoms with Crippen LogP contribution >= 0.6 is 0 Å².